The molecule has 3 aromatic rings. The summed E-state index contributed by atoms with van der Waals surface area (Å²) in [6.45, 7) is 3.57. The van der Waals surface area contributed by atoms with Crippen LogP contribution >= 0.6 is 0 Å². The molecule has 0 N–H and O–H groups in total. The van der Waals surface area contributed by atoms with Gasteiger partial charge in [0.25, 0.3) is 10.0 Å². The maximum atomic E-state index is 13.7. The summed E-state index contributed by atoms with van der Waals surface area (Å²) in [5.41, 5.74) is 3.53. The van der Waals surface area contributed by atoms with Crippen LogP contribution in [0.25, 0.3) is 0 Å². The summed E-state index contributed by atoms with van der Waals surface area (Å²) < 4.78 is 71.1. The normalized spacial score (nSPS) is 12.9. The molecule has 4 rings (SSSR count). The second-order valence-corrected chi connectivity index (χ2v) is 12.7. The molecular weight excluding hydrogens is 595 g/mol. The number of hydrogen-bond acceptors (Lipinski definition) is 8. The van der Waals surface area contributed by atoms with Gasteiger partial charge in [0, 0.05) is 50.6 Å². The number of aryl methyl sites for hydroxylation is 2. The minimum atomic E-state index is -4.65. The molecule has 0 unspecified atom stereocenters. The lowest BCUT2D eigenvalue weighted by atomic mass is 10.0. The zero-order valence-electron chi connectivity index (χ0n) is 25.0. The number of nitriles is 1. The number of carbonyl (C=O) groups excluding carboxylic acids is 1. The summed E-state index contributed by atoms with van der Waals surface area (Å²) >= 11 is 0. The Labute approximate surface area is 255 Å². The number of alkyl halides is 3. The average molecular weight is 632 g/mol. The van der Waals surface area contributed by atoms with E-state index in [-0.39, 0.29) is 36.0 Å². The number of aromatic nitrogens is 2. The molecule has 0 bridgehead atoms. The summed E-state index contributed by atoms with van der Waals surface area (Å²) in [4.78, 5) is 15.5. The van der Waals surface area contributed by atoms with Gasteiger partial charge in [-0.3, -0.25) is 4.79 Å². The van der Waals surface area contributed by atoms with Crippen LogP contribution in [-0.2, 0) is 51.7 Å². The smallest absolute Gasteiger partial charge is 0.416 e. The summed E-state index contributed by atoms with van der Waals surface area (Å²) in [5, 5.41) is 13.7. The summed E-state index contributed by atoms with van der Waals surface area (Å²) in [7, 11) is -2.34. The predicted molar refractivity (Wildman–Crippen MR) is 161 cm³/mol. The Balaban J connectivity index is 1.74. The van der Waals surface area contributed by atoms with Crippen molar-refractivity contribution < 1.29 is 31.1 Å². The average Bonchev–Trinajstić information content (AvgIpc) is 3.66. The van der Waals surface area contributed by atoms with E-state index in [0.717, 1.165) is 59.4 Å². The van der Waals surface area contributed by atoms with Crippen molar-refractivity contribution in [3.05, 3.63) is 76.0 Å². The van der Waals surface area contributed by atoms with Crippen LogP contribution in [0.1, 0.15) is 66.0 Å². The van der Waals surface area contributed by atoms with E-state index in [1.165, 1.54) is 36.6 Å². The highest BCUT2D eigenvalue weighted by Crippen LogP contribution is 2.34. The van der Waals surface area contributed by atoms with Gasteiger partial charge >= 0.3 is 12.1 Å². The molecule has 1 aliphatic carbocycles. The van der Waals surface area contributed by atoms with Crippen LogP contribution in [-0.4, -0.2) is 50.0 Å². The number of unbranched alkanes of at least 4 members (excludes halogenated alkanes) is 1. The first-order valence-corrected chi connectivity index (χ1v) is 16.3. The van der Waals surface area contributed by atoms with E-state index in [1.54, 1.807) is 4.90 Å². The topological polar surface area (TPSA) is 109 Å². The number of nitrogens with zero attached hydrogens (tertiary/aromatic N) is 5. The largest absolute Gasteiger partial charge is 0.469 e. The first-order chi connectivity index (χ1) is 20.8. The standard InChI is InChI=1S/C31H36F3N5O4S/c1-4-37(12-6-5-10-30(40)43-2)28-18-25-9-7-8-24(25)17-26(28)21-38(29-11-13-39(36-29)44(3,41)42)20-23-14-22(19-35)15-27(16-23)31(32,33)34/h11,13-18H,4-10,12,20-21H2,1-3H3. The van der Waals surface area contributed by atoms with Gasteiger partial charge in [0.1, 0.15) is 0 Å². The van der Waals surface area contributed by atoms with Crippen LogP contribution in [0.4, 0.5) is 24.7 Å². The number of benzene rings is 2. The third-order valence-electron chi connectivity index (χ3n) is 7.70. The van der Waals surface area contributed by atoms with Gasteiger partial charge in [0.2, 0.25) is 0 Å². The van der Waals surface area contributed by atoms with Crippen LogP contribution in [0.2, 0.25) is 0 Å². The van der Waals surface area contributed by atoms with Crippen LogP contribution in [0.3, 0.4) is 0 Å². The molecule has 0 atom stereocenters. The number of halogens is 3. The number of hydrogen-bond donors (Lipinski definition) is 0. The van der Waals surface area contributed by atoms with Crippen LogP contribution in [0.15, 0.2) is 42.6 Å². The third-order valence-corrected chi connectivity index (χ3v) is 8.58. The number of rotatable bonds is 13. The van der Waals surface area contributed by atoms with E-state index in [1.807, 2.05) is 13.0 Å². The van der Waals surface area contributed by atoms with Crippen LogP contribution in [0.5, 0.6) is 0 Å². The van der Waals surface area contributed by atoms with E-state index in [9.17, 15) is 31.6 Å². The highest BCUT2D eigenvalue weighted by molar-refractivity contribution is 7.89. The van der Waals surface area contributed by atoms with E-state index in [4.69, 9.17) is 4.74 Å². The molecule has 0 amide bonds. The third kappa shape index (κ3) is 8.11. The first kappa shape index (κ1) is 32.9. The summed E-state index contributed by atoms with van der Waals surface area (Å²) in [6, 6.07) is 10.8. The van der Waals surface area contributed by atoms with Crippen molar-refractivity contribution in [3.8, 4) is 6.07 Å². The molecule has 0 spiro atoms. The van der Waals surface area contributed by atoms with Crippen LogP contribution in [0, 0.1) is 11.3 Å². The minimum absolute atomic E-state index is 0.0544. The Hall–Kier alpha value is -4.05. The van der Waals surface area contributed by atoms with Gasteiger partial charge in [-0.05, 0) is 85.5 Å². The molecule has 9 nitrogen and oxygen atoms in total. The number of esters is 1. The zero-order valence-corrected chi connectivity index (χ0v) is 25.8. The minimum Gasteiger partial charge on any atom is -0.469 e. The number of anilines is 2. The fourth-order valence-electron chi connectivity index (χ4n) is 5.51. The van der Waals surface area contributed by atoms with Crippen molar-refractivity contribution in [2.75, 3.05) is 36.3 Å². The fourth-order valence-corrected chi connectivity index (χ4v) is 6.03. The van der Waals surface area contributed by atoms with Gasteiger partial charge in [-0.2, -0.15) is 22.5 Å². The molecule has 13 heteroatoms. The molecule has 0 radical (unpaired) electrons. The predicted octanol–water partition coefficient (Wildman–Crippen LogP) is 5.45. The van der Waals surface area contributed by atoms with Gasteiger partial charge in [-0.1, -0.05) is 6.07 Å². The maximum Gasteiger partial charge on any atom is 0.416 e. The highest BCUT2D eigenvalue weighted by Gasteiger charge is 2.31. The molecule has 0 aliphatic heterocycles. The maximum absolute atomic E-state index is 13.7. The van der Waals surface area contributed by atoms with E-state index in [0.29, 0.717) is 25.9 Å². The molecule has 1 heterocycles. The number of fused-ring (bicyclic) bond motifs is 1. The van der Waals surface area contributed by atoms with Crippen molar-refractivity contribution in [1.82, 2.24) is 9.19 Å². The molecule has 2 aromatic carbocycles. The van der Waals surface area contributed by atoms with Crippen LogP contribution < -0.4 is 9.80 Å². The summed E-state index contributed by atoms with van der Waals surface area (Å²) in [5.74, 6) is 0.00325. The van der Waals surface area contributed by atoms with E-state index < -0.39 is 21.8 Å². The second kappa shape index (κ2) is 13.7. The number of ether oxygens (including phenoxy) is 1. The quantitative estimate of drug-likeness (QED) is 0.181. The monoisotopic (exact) mass is 631 g/mol. The fraction of sp³-hybridized carbons (Fsp3) is 0.452. The lowest BCUT2D eigenvalue weighted by Crippen LogP contribution is -2.29. The first-order valence-electron chi connectivity index (χ1n) is 14.4. The van der Waals surface area contributed by atoms with Gasteiger partial charge in [-0.25, -0.2) is 8.42 Å². The van der Waals surface area contributed by atoms with Crippen molar-refractivity contribution in [2.24, 2.45) is 0 Å². The van der Waals surface area contributed by atoms with E-state index in [2.05, 4.69) is 22.1 Å². The number of methoxy groups -OCH3 is 1. The lowest BCUT2D eigenvalue weighted by Gasteiger charge is -2.30. The molecule has 1 aromatic heterocycles. The van der Waals surface area contributed by atoms with Crippen molar-refractivity contribution in [1.29, 1.82) is 5.26 Å². The molecule has 1 aliphatic rings. The lowest BCUT2D eigenvalue weighted by molar-refractivity contribution is -0.140. The molecular formula is C31H36F3N5O4S. The Bertz CT molecular complexity index is 1650. The Kier molecular flexibility index (Phi) is 10.2. The Morgan fingerprint density at radius 2 is 1.82 bits per heavy atom. The SMILES string of the molecule is CCN(CCCCC(=O)OC)c1cc2c(cc1CN(Cc1cc(C#N)cc(C(F)(F)F)c1)c1ccn(S(C)(=O)=O)n1)CCC2. The molecule has 0 saturated heterocycles. The van der Waals surface area contributed by atoms with Gasteiger partial charge in [-0.15, -0.1) is 5.10 Å². The molecule has 0 fully saturated rings. The highest BCUT2D eigenvalue weighted by atomic mass is 32.2. The van der Waals surface area contributed by atoms with Gasteiger partial charge in [0.05, 0.1) is 30.6 Å². The molecule has 0 saturated carbocycles. The van der Waals surface area contributed by atoms with Crippen molar-refractivity contribution >= 4 is 27.5 Å². The molecule has 236 valence electrons. The zero-order chi connectivity index (χ0) is 32.1. The van der Waals surface area contributed by atoms with Gasteiger partial charge in [0.15, 0.2) is 5.82 Å². The van der Waals surface area contributed by atoms with Crippen molar-refractivity contribution in [3.63, 3.8) is 0 Å². The van der Waals surface area contributed by atoms with Gasteiger partial charge < -0.3 is 14.5 Å². The van der Waals surface area contributed by atoms with Crippen molar-refractivity contribution in [2.45, 2.75) is 64.7 Å². The Morgan fingerprint density at radius 1 is 1.09 bits per heavy atom. The number of carbonyl (C=O) groups is 1. The van der Waals surface area contributed by atoms with E-state index >= 15 is 0 Å². The molecule has 44 heavy (non-hydrogen) atoms. The Morgan fingerprint density at radius 3 is 2.43 bits per heavy atom. The second-order valence-electron chi connectivity index (χ2n) is 10.9. The summed E-state index contributed by atoms with van der Waals surface area (Å²) in [6.07, 6.45) is 2.29.